The van der Waals surface area contributed by atoms with Crippen LogP contribution >= 0.6 is 11.8 Å². The van der Waals surface area contributed by atoms with Crippen molar-refractivity contribution in [3.8, 4) is 0 Å². The lowest BCUT2D eigenvalue weighted by Crippen LogP contribution is -2.34. The van der Waals surface area contributed by atoms with Crippen LogP contribution in [0.15, 0.2) is 4.52 Å². The van der Waals surface area contributed by atoms with Crippen LogP contribution in [0.2, 0.25) is 0 Å². The molecule has 1 saturated heterocycles. The molecule has 2 unspecified atom stereocenters. The number of hydrogen-bond acceptors (Lipinski definition) is 5. The van der Waals surface area contributed by atoms with Gasteiger partial charge in [0.25, 0.3) is 0 Å². The predicted octanol–water partition coefficient (Wildman–Crippen LogP) is 2.22. The molecule has 4 nitrogen and oxygen atoms in total. The van der Waals surface area contributed by atoms with Crippen molar-refractivity contribution in [1.82, 2.24) is 15.5 Å². The molecule has 0 spiro atoms. The van der Waals surface area contributed by atoms with Crippen molar-refractivity contribution in [1.29, 1.82) is 0 Å². The van der Waals surface area contributed by atoms with E-state index in [-0.39, 0.29) is 0 Å². The molecule has 1 aromatic rings. The maximum absolute atomic E-state index is 5.41. The van der Waals surface area contributed by atoms with Gasteiger partial charge in [0.05, 0.1) is 5.92 Å². The van der Waals surface area contributed by atoms with Crippen molar-refractivity contribution in [3.05, 3.63) is 11.7 Å². The number of likely N-dealkylation sites (N-methyl/N-ethyl adjacent to an activating group) is 1. The minimum absolute atomic E-state index is 0.392. The summed E-state index contributed by atoms with van der Waals surface area (Å²) in [5, 5.41) is 7.57. The van der Waals surface area contributed by atoms with Gasteiger partial charge in [-0.15, -0.1) is 0 Å². The van der Waals surface area contributed by atoms with Crippen LogP contribution in [-0.2, 0) is 6.42 Å². The van der Waals surface area contributed by atoms with Crippen LogP contribution in [0.4, 0.5) is 0 Å². The van der Waals surface area contributed by atoms with E-state index < -0.39 is 0 Å². The van der Waals surface area contributed by atoms with Crippen LogP contribution in [-0.4, -0.2) is 34.2 Å². The maximum atomic E-state index is 5.41. The van der Waals surface area contributed by atoms with E-state index >= 15 is 0 Å². The lowest BCUT2D eigenvalue weighted by Gasteiger charge is -2.15. The fraction of sp³-hybridized carbons (Fsp3) is 0.833. The molecule has 17 heavy (non-hydrogen) atoms. The summed E-state index contributed by atoms with van der Waals surface area (Å²) in [7, 11) is 0. The smallest absolute Gasteiger partial charge is 0.232 e. The normalized spacial score (nSPS) is 24.4. The highest BCUT2D eigenvalue weighted by Gasteiger charge is 2.32. The Morgan fingerprint density at radius 2 is 2.29 bits per heavy atom. The molecule has 1 aliphatic heterocycles. The van der Waals surface area contributed by atoms with Crippen LogP contribution < -0.4 is 5.32 Å². The van der Waals surface area contributed by atoms with E-state index in [1.807, 2.05) is 11.8 Å². The molecule has 2 heterocycles. The molecule has 2 rings (SSSR count). The van der Waals surface area contributed by atoms with Gasteiger partial charge in [0.1, 0.15) is 0 Å². The van der Waals surface area contributed by atoms with Crippen molar-refractivity contribution in [2.45, 2.75) is 45.1 Å². The summed E-state index contributed by atoms with van der Waals surface area (Å²) in [5.41, 5.74) is 0. The zero-order valence-electron chi connectivity index (χ0n) is 10.6. The average molecular weight is 255 g/mol. The Balaban J connectivity index is 1.98. The van der Waals surface area contributed by atoms with Gasteiger partial charge in [-0.3, -0.25) is 0 Å². The topological polar surface area (TPSA) is 51.0 Å². The number of aromatic nitrogens is 2. The van der Waals surface area contributed by atoms with E-state index in [9.17, 15) is 0 Å². The fourth-order valence-corrected chi connectivity index (χ4v) is 3.48. The largest absolute Gasteiger partial charge is 0.339 e. The third-order valence-electron chi connectivity index (χ3n) is 3.10. The van der Waals surface area contributed by atoms with E-state index in [2.05, 4.69) is 29.3 Å². The number of rotatable bonds is 6. The Morgan fingerprint density at radius 3 is 3.06 bits per heavy atom. The number of nitrogens with one attached hydrogen (secondary N) is 1. The standard InChI is InChI=1S/C12H21N3OS/c1-3-5-6-11-14-12(16-15-11)9-7-17-8-10(9)13-4-2/h9-10,13H,3-8H2,1-2H3. The summed E-state index contributed by atoms with van der Waals surface area (Å²) < 4.78 is 5.41. The van der Waals surface area contributed by atoms with E-state index in [1.165, 1.54) is 6.42 Å². The summed E-state index contributed by atoms with van der Waals surface area (Å²) in [5.74, 6) is 4.32. The second-order valence-corrected chi connectivity index (χ2v) is 5.54. The fourth-order valence-electron chi connectivity index (χ4n) is 2.12. The Morgan fingerprint density at radius 1 is 1.41 bits per heavy atom. The number of hydrogen-bond donors (Lipinski definition) is 1. The summed E-state index contributed by atoms with van der Waals surface area (Å²) in [6.45, 7) is 5.31. The highest BCUT2D eigenvalue weighted by Crippen LogP contribution is 2.31. The minimum atomic E-state index is 0.392. The SMILES string of the molecule is CCCCc1noc(C2CSCC2NCC)n1. The Bertz CT molecular complexity index is 342. The van der Waals surface area contributed by atoms with Crippen LogP contribution in [0.25, 0.3) is 0 Å². The average Bonchev–Trinajstić information content (AvgIpc) is 2.95. The third-order valence-corrected chi connectivity index (χ3v) is 4.29. The number of aryl methyl sites for hydroxylation is 1. The lowest BCUT2D eigenvalue weighted by molar-refractivity contribution is 0.337. The molecule has 2 atom stereocenters. The monoisotopic (exact) mass is 255 g/mol. The Kier molecular flexibility index (Phi) is 4.86. The van der Waals surface area contributed by atoms with Gasteiger partial charge in [-0.25, -0.2) is 0 Å². The molecule has 0 aromatic carbocycles. The van der Waals surface area contributed by atoms with E-state index in [1.54, 1.807) is 0 Å². The van der Waals surface area contributed by atoms with Crippen LogP contribution in [0.1, 0.15) is 44.3 Å². The predicted molar refractivity (Wildman–Crippen MR) is 70.4 cm³/mol. The van der Waals surface area contributed by atoms with Gasteiger partial charge in [0.2, 0.25) is 5.89 Å². The molecule has 0 amide bonds. The molecule has 1 aromatic heterocycles. The molecule has 0 aliphatic carbocycles. The van der Waals surface area contributed by atoms with Crippen LogP contribution in [0, 0.1) is 0 Å². The molecular weight excluding hydrogens is 234 g/mol. The van der Waals surface area contributed by atoms with Crippen molar-refractivity contribution >= 4 is 11.8 Å². The first-order chi connectivity index (χ1) is 8.35. The highest BCUT2D eigenvalue weighted by atomic mass is 32.2. The van der Waals surface area contributed by atoms with Crippen molar-refractivity contribution in [2.24, 2.45) is 0 Å². The van der Waals surface area contributed by atoms with E-state index in [4.69, 9.17) is 4.52 Å². The van der Waals surface area contributed by atoms with E-state index in [0.29, 0.717) is 12.0 Å². The summed E-state index contributed by atoms with van der Waals surface area (Å²) >= 11 is 1.96. The van der Waals surface area contributed by atoms with Gasteiger partial charge in [-0.05, 0) is 13.0 Å². The van der Waals surface area contributed by atoms with Crippen molar-refractivity contribution in [3.63, 3.8) is 0 Å². The molecular formula is C12H21N3OS. The second-order valence-electron chi connectivity index (χ2n) is 4.46. The Labute approximate surface area is 107 Å². The summed E-state index contributed by atoms with van der Waals surface area (Å²) in [6.07, 6.45) is 3.24. The quantitative estimate of drug-likeness (QED) is 0.844. The lowest BCUT2D eigenvalue weighted by atomic mass is 10.0. The summed E-state index contributed by atoms with van der Waals surface area (Å²) in [6, 6.07) is 0.490. The maximum Gasteiger partial charge on any atom is 0.232 e. The first-order valence-corrected chi connectivity index (χ1v) is 7.64. The van der Waals surface area contributed by atoms with Gasteiger partial charge in [0.15, 0.2) is 5.82 Å². The first-order valence-electron chi connectivity index (χ1n) is 6.48. The number of unbranched alkanes of at least 4 members (excludes halogenated alkanes) is 1. The zero-order valence-corrected chi connectivity index (χ0v) is 11.4. The molecule has 0 radical (unpaired) electrons. The second kappa shape index (κ2) is 6.40. The Hall–Kier alpha value is -0.550. The van der Waals surface area contributed by atoms with Crippen LogP contribution in [0.5, 0.6) is 0 Å². The number of thioether (sulfide) groups is 1. The third kappa shape index (κ3) is 3.22. The number of nitrogens with zero attached hydrogens (tertiary/aromatic N) is 2. The molecule has 1 fully saturated rings. The van der Waals surface area contributed by atoms with Crippen molar-refractivity contribution in [2.75, 3.05) is 18.1 Å². The van der Waals surface area contributed by atoms with Crippen molar-refractivity contribution < 1.29 is 4.52 Å². The van der Waals surface area contributed by atoms with Gasteiger partial charge in [-0.2, -0.15) is 16.7 Å². The van der Waals surface area contributed by atoms with Gasteiger partial charge in [-0.1, -0.05) is 25.4 Å². The van der Waals surface area contributed by atoms with Gasteiger partial charge in [0, 0.05) is 24.0 Å². The van der Waals surface area contributed by atoms with E-state index in [0.717, 1.165) is 42.6 Å². The molecule has 0 saturated carbocycles. The van der Waals surface area contributed by atoms with Crippen LogP contribution in [0.3, 0.4) is 0 Å². The minimum Gasteiger partial charge on any atom is -0.339 e. The van der Waals surface area contributed by atoms with Gasteiger partial charge >= 0.3 is 0 Å². The molecule has 5 heteroatoms. The summed E-state index contributed by atoms with van der Waals surface area (Å²) in [4.78, 5) is 4.53. The molecule has 0 bridgehead atoms. The molecule has 96 valence electrons. The first kappa shape index (κ1) is 12.9. The zero-order chi connectivity index (χ0) is 12.1. The highest BCUT2D eigenvalue weighted by molar-refractivity contribution is 7.99. The molecule has 1 aliphatic rings. The molecule has 1 N–H and O–H groups in total. The van der Waals surface area contributed by atoms with Gasteiger partial charge < -0.3 is 9.84 Å².